The molecule has 0 aromatic heterocycles. The minimum Gasteiger partial charge on any atom is -0.497 e. The van der Waals surface area contributed by atoms with Gasteiger partial charge in [0.25, 0.3) is 9.70 Å². The first-order chi connectivity index (χ1) is 22.8. The van der Waals surface area contributed by atoms with Crippen LogP contribution in [-0.4, -0.2) is 53.2 Å². The Labute approximate surface area is 294 Å². The molecule has 248 valence electrons. The largest absolute Gasteiger partial charge is 0.497 e. The third-order valence-corrected chi connectivity index (χ3v) is 9.17. The molecule has 47 heavy (non-hydrogen) atoms. The molecule has 1 fully saturated rings. The smallest absolute Gasteiger partial charge is 0.272 e. The van der Waals surface area contributed by atoms with Gasteiger partial charge in [0.1, 0.15) is 29.5 Å². The average Bonchev–Trinajstić information content (AvgIpc) is 3.09. The topological polar surface area (TPSA) is 75.3 Å². The molecule has 0 saturated carbocycles. The van der Waals surface area contributed by atoms with E-state index in [0.29, 0.717) is 6.61 Å². The fourth-order valence-electron chi connectivity index (χ4n) is 5.11. The lowest BCUT2D eigenvalue weighted by molar-refractivity contribution is -0.216. The second-order valence-electron chi connectivity index (χ2n) is 10.9. The third kappa shape index (κ3) is 10.6. The number of rotatable bonds is 14. The van der Waals surface area contributed by atoms with E-state index in [1.165, 1.54) is 11.8 Å². The van der Waals surface area contributed by atoms with Crippen molar-refractivity contribution < 1.29 is 28.5 Å². The van der Waals surface area contributed by atoms with Gasteiger partial charge in [0.2, 0.25) is 0 Å². The van der Waals surface area contributed by atoms with E-state index in [2.05, 4.69) is 5.32 Å². The molecular formula is C36H36Cl3NO6S. The standard InChI is InChI=1S/C36H36Cl3NO6S/c1-42-28-19-17-27(18-20-28)23-45-33-31(40-35(41)36(37,38)39)34(47-29-15-9-4-10-16-29)46-30(24-43-21-25-11-5-2-6-12-25)32(33)44-22-26-13-7-3-8-14-26/h2-20,30-34H,21-24H2,1H3,(H,40,41)/t30-,31-,32-,33-,34+/m1/s1. The minimum atomic E-state index is -2.21. The lowest BCUT2D eigenvalue weighted by atomic mass is 9.97. The normalized spacial score (nSPS) is 21.2. The van der Waals surface area contributed by atoms with Gasteiger partial charge in [0.05, 0.1) is 39.6 Å². The maximum absolute atomic E-state index is 13.2. The van der Waals surface area contributed by atoms with Crippen LogP contribution in [0.2, 0.25) is 0 Å². The Kier molecular flexibility index (Phi) is 13.3. The number of hydrogen-bond donors (Lipinski definition) is 1. The Bertz CT molecular complexity index is 1510. The molecule has 11 heteroatoms. The van der Waals surface area contributed by atoms with E-state index in [4.69, 9.17) is 58.5 Å². The van der Waals surface area contributed by atoms with Gasteiger partial charge in [-0.15, -0.1) is 0 Å². The van der Waals surface area contributed by atoms with Crippen molar-refractivity contribution in [1.82, 2.24) is 5.32 Å². The zero-order valence-corrected chi connectivity index (χ0v) is 28.8. The number of amides is 1. The van der Waals surface area contributed by atoms with Gasteiger partial charge >= 0.3 is 0 Å². The molecule has 1 aliphatic heterocycles. The van der Waals surface area contributed by atoms with Gasteiger partial charge in [-0.2, -0.15) is 0 Å². The summed E-state index contributed by atoms with van der Waals surface area (Å²) in [5.74, 6) is -0.0694. The first-order valence-corrected chi connectivity index (χ1v) is 17.1. The fourth-order valence-corrected chi connectivity index (χ4v) is 6.42. The Morgan fingerprint density at radius 3 is 1.85 bits per heavy atom. The van der Waals surface area contributed by atoms with Crippen LogP contribution in [0.4, 0.5) is 0 Å². The molecule has 4 aromatic carbocycles. The molecule has 5 rings (SSSR count). The molecule has 0 aliphatic carbocycles. The number of carbonyl (C=O) groups excluding carboxylic acids is 1. The summed E-state index contributed by atoms with van der Waals surface area (Å²) >= 11 is 19.6. The SMILES string of the molecule is COc1ccc(CO[C@@H]2[C@@H](NC(=O)C(Cl)(Cl)Cl)[C@H](Sc3ccccc3)O[C@H](COCc3ccccc3)[C@H]2OCc2ccccc2)cc1. The second kappa shape index (κ2) is 17.6. The van der Waals surface area contributed by atoms with Crippen molar-refractivity contribution in [2.24, 2.45) is 0 Å². The summed E-state index contributed by atoms with van der Waals surface area (Å²) in [5, 5.41) is 2.92. The molecule has 0 bridgehead atoms. The van der Waals surface area contributed by atoms with Gasteiger partial charge in [0, 0.05) is 4.90 Å². The van der Waals surface area contributed by atoms with Crippen LogP contribution < -0.4 is 10.1 Å². The van der Waals surface area contributed by atoms with E-state index in [1.54, 1.807) is 7.11 Å². The van der Waals surface area contributed by atoms with Gasteiger partial charge in [-0.05, 0) is 41.0 Å². The average molecular weight is 717 g/mol. The van der Waals surface area contributed by atoms with Crippen molar-refractivity contribution in [2.75, 3.05) is 13.7 Å². The van der Waals surface area contributed by atoms with E-state index in [0.717, 1.165) is 27.3 Å². The van der Waals surface area contributed by atoms with Crippen LogP contribution in [0.1, 0.15) is 16.7 Å². The molecule has 0 spiro atoms. The molecule has 0 radical (unpaired) electrons. The lowest BCUT2D eigenvalue weighted by Crippen LogP contribution is -2.65. The highest BCUT2D eigenvalue weighted by Crippen LogP contribution is 2.37. The zero-order chi connectivity index (χ0) is 33.1. The highest BCUT2D eigenvalue weighted by Gasteiger charge is 2.50. The monoisotopic (exact) mass is 715 g/mol. The lowest BCUT2D eigenvalue weighted by Gasteiger charge is -2.46. The van der Waals surface area contributed by atoms with E-state index < -0.39 is 39.5 Å². The summed E-state index contributed by atoms with van der Waals surface area (Å²) in [6.07, 6.45) is -2.00. The maximum Gasteiger partial charge on any atom is 0.272 e. The van der Waals surface area contributed by atoms with Crippen LogP contribution in [0, 0.1) is 0 Å². The number of alkyl halides is 3. The summed E-state index contributed by atoms with van der Waals surface area (Å²) in [7, 11) is 1.62. The van der Waals surface area contributed by atoms with Crippen LogP contribution in [0.5, 0.6) is 5.75 Å². The molecule has 1 aliphatic rings. The molecule has 0 unspecified atom stereocenters. The van der Waals surface area contributed by atoms with E-state index in [9.17, 15) is 4.79 Å². The van der Waals surface area contributed by atoms with Crippen molar-refractivity contribution in [2.45, 2.75) is 58.3 Å². The zero-order valence-electron chi connectivity index (χ0n) is 25.7. The van der Waals surface area contributed by atoms with Crippen molar-refractivity contribution >= 4 is 52.5 Å². The summed E-state index contributed by atoms with van der Waals surface area (Å²) in [6, 6.07) is 36.2. The van der Waals surface area contributed by atoms with E-state index in [1.807, 2.05) is 115 Å². The number of halogens is 3. The van der Waals surface area contributed by atoms with Crippen LogP contribution in [0.15, 0.2) is 120 Å². The van der Waals surface area contributed by atoms with Crippen molar-refractivity contribution in [3.63, 3.8) is 0 Å². The van der Waals surface area contributed by atoms with Crippen LogP contribution in [0.25, 0.3) is 0 Å². The second-order valence-corrected chi connectivity index (χ2v) is 14.3. The van der Waals surface area contributed by atoms with E-state index in [-0.39, 0.29) is 19.8 Å². The predicted octanol–water partition coefficient (Wildman–Crippen LogP) is 7.75. The Balaban J connectivity index is 1.48. The molecule has 1 amide bonds. The van der Waals surface area contributed by atoms with Crippen LogP contribution in [0.3, 0.4) is 0 Å². The maximum atomic E-state index is 13.2. The number of benzene rings is 4. The first kappa shape index (κ1) is 35.5. The number of hydrogen-bond acceptors (Lipinski definition) is 7. The van der Waals surface area contributed by atoms with Gasteiger partial charge < -0.3 is 29.0 Å². The Hall–Kier alpha value is -2.79. The molecule has 5 atom stereocenters. The number of carbonyl (C=O) groups is 1. The highest BCUT2D eigenvalue weighted by molar-refractivity contribution is 7.99. The highest BCUT2D eigenvalue weighted by atomic mass is 35.6. The summed E-state index contributed by atoms with van der Waals surface area (Å²) < 4.78 is 29.3. The third-order valence-electron chi connectivity index (χ3n) is 7.48. The molecule has 1 saturated heterocycles. The van der Waals surface area contributed by atoms with Gasteiger partial charge in [-0.3, -0.25) is 4.79 Å². The van der Waals surface area contributed by atoms with Crippen molar-refractivity contribution in [1.29, 1.82) is 0 Å². The molecular weight excluding hydrogens is 681 g/mol. The van der Waals surface area contributed by atoms with Gasteiger partial charge in [-0.25, -0.2) is 0 Å². The predicted molar refractivity (Wildman–Crippen MR) is 186 cm³/mol. The fraction of sp³-hybridized carbons (Fsp3) is 0.306. The Morgan fingerprint density at radius 2 is 1.28 bits per heavy atom. The van der Waals surface area contributed by atoms with Crippen LogP contribution >= 0.6 is 46.6 Å². The molecule has 4 aromatic rings. The van der Waals surface area contributed by atoms with Gasteiger partial charge in [-0.1, -0.05) is 138 Å². The minimum absolute atomic E-state index is 0.202. The number of ether oxygens (including phenoxy) is 5. The Morgan fingerprint density at radius 1 is 0.745 bits per heavy atom. The summed E-state index contributed by atoms with van der Waals surface area (Å²) in [4.78, 5) is 14.1. The quantitative estimate of drug-likeness (QED) is 0.134. The molecule has 1 N–H and O–H groups in total. The number of methoxy groups -OCH3 is 1. The van der Waals surface area contributed by atoms with Crippen LogP contribution in [-0.2, 0) is 43.6 Å². The number of nitrogens with one attached hydrogen (secondary N) is 1. The molecule has 7 nitrogen and oxygen atoms in total. The van der Waals surface area contributed by atoms with Crippen molar-refractivity contribution in [3.05, 3.63) is 132 Å². The summed E-state index contributed by atoms with van der Waals surface area (Å²) in [5.41, 5.74) is 2.24. The first-order valence-electron chi connectivity index (χ1n) is 15.1. The summed E-state index contributed by atoms with van der Waals surface area (Å²) in [6.45, 7) is 1.06. The van der Waals surface area contributed by atoms with Crippen molar-refractivity contribution in [3.8, 4) is 5.75 Å². The van der Waals surface area contributed by atoms with Gasteiger partial charge in [0.15, 0.2) is 0 Å². The number of thioether (sulfide) groups is 1. The van der Waals surface area contributed by atoms with E-state index >= 15 is 0 Å². The molecule has 1 heterocycles.